The molecule has 80 valence electrons. The van der Waals surface area contributed by atoms with E-state index < -0.39 is 0 Å². The maximum Gasteiger partial charge on any atom is 1.00 e. The third-order valence-corrected chi connectivity index (χ3v) is 2.50. The average molecular weight is 307 g/mol. The Morgan fingerprint density at radius 2 is 1.94 bits per heavy atom. The van der Waals surface area contributed by atoms with Gasteiger partial charge in [-0.3, -0.25) is 0 Å². The van der Waals surface area contributed by atoms with Gasteiger partial charge in [0.15, 0.2) is 12.4 Å². The number of hydrogen-bond acceptors (Lipinski definition) is 3. The molecule has 0 saturated heterocycles. The summed E-state index contributed by atoms with van der Waals surface area (Å²) in [5, 5.41) is 0.920. The monoisotopic (exact) mass is 306 g/mol. The van der Waals surface area contributed by atoms with Gasteiger partial charge in [-0.05, 0) is 30.4 Å². The van der Waals surface area contributed by atoms with Crippen molar-refractivity contribution in [2.75, 3.05) is 0 Å². The number of aryl methyl sites for hydroxylation is 1. The van der Waals surface area contributed by atoms with Crippen LogP contribution in [0.15, 0.2) is 24.5 Å². The zero-order valence-corrected chi connectivity index (χ0v) is 16.0. The maximum absolute atomic E-state index is 4.02. The molecule has 5 heteroatoms. The summed E-state index contributed by atoms with van der Waals surface area (Å²) in [5.74, 6) is 0. The van der Waals surface area contributed by atoms with Gasteiger partial charge in [0, 0.05) is 0 Å². The van der Waals surface area contributed by atoms with Gasteiger partial charge in [0.1, 0.15) is 6.54 Å². The summed E-state index contributed by atoms with van der Waals surface area (Å²) < 4.78 is 5.95. The van der Waals surface area contributed by atoms with Gasteiger partial charge >= 0.3 is 58.2 Å². The van der Waals surface area contributed by atoms with Crippen molar-refractivity contribution < 1.29 is 62.8 Å². The van der Waals surface area contributed by atoms with E-state index in [9.17, 15) is 0 Å². The third-order valence-electron chi connectivity index (χ3n) is 1.83. The standard InChI is InChI=1S/C9H9N3S.C2H6.Rb/c1-2-12-5-3-8(4-6-12)9-10-7-11-13-9;1-2;/h3-6H,2H2,1H3;1-2H3;/q;;+1. The summed E-state index contributed by atoms with van der Waals surface area (Å²) in [6, 6.07) is 4.08. The number of aromatic nitrogens is 3. The quantitative estimate of drug-likeness (QED) is 0.545. The summed E-state index contributed by atoms with van der Waals surface area (Å²) >= 11 is 1.36. The van der Waals surface area contributed by atoms with Crippen LogP contribution in [0.1, 0.15) is 20.8 Å². The van der Waals surface area contributed by atoms with Crippen molar-refractivity contribution >= 4 is 11.5 Å². The second kappa shape index (κ2) is 9.54. The van der Waals surface area contributed by atoms with Gasteiger partial charge < -0.3 is 9.36 Å². The molecule has 2 aromatic heterocycles. The van der Waals surface area contributed by atoms with Crippen LogP contribution in [0.3, 0.4) is 0 Å². The first-order valence-electron chi connectivity index (χ1n) is 5.09. The fourth-order valence-corrected chi connectivity index (χ4v) is 1.57. The molecule has 0 saturated carbocycles. The summed E-state index contributed by atoms with van der Waals surface area (Å²) in [6.07, 6.45) is 6.65. The van der Waals surface area contributed by atoms with Crippen molar-refractivity contribution in [2.45, 2.75) is 27.3 Å². The zero-order chi connectivity index (χ0) is 11.1. The topological polar surface area (TPSA) is 29.7 Å². The number of rotatable bonds is 2. The molecule has 2 heterocycles. The first-order valence-corrected chi connectivity index (χ1v) is 5.86. The van der Waals surface area contributed by atoms with Crippen molar-refractivity contribution in [2.24, 2.45) is 0 Å². The second-order valence-electron chi connectivity index (χ2n) is 2.62. The molecular weight excluding hydrogens is 292 g/mol. The van der Waals surface area contributed by atoms with Gasteiger partial charge in [0.05, 0.1) is 0 Å². The van der Waals surface area contributed by atoms with E-state index in [1.54, 1.807) is 0 Å². The summed E-state index contributed by atoms with van der Waals surface area (Å²) in [5.41, 5.74) is 1.10. The molecule has 0 radical (unpaired) electrons. The number of hydrogen-bond donors (Lipinski definition) is 0. The fraction of sp³-hybridized carbons (Fsp3) is 0.364. The van der Waals surface area contributed by atoms with Crippen LogP contribution >= 0.6 is 11.5 Å². The van der Waals surface area contributed by atoms with E-state index in [2.05, 4.69) is 27.2 Å². The smallest absolute Gasteiger partial charge is 0.420 e. The SMILES string of the molecule is CC.CC[n+]1ccc(-c2n[c-]ns2)cc1.[Rb+]. The Morgan fingerprint density at radius 3 is 2.38 bits per heavy atom. The molecule has 2 aromatic rings. The molecular formula is C11H15N3RbS+. The summed E-state index contributed by atoms with van der Waals surface area (Å²) in [7, 11) is 0. The van der Waals surface area contributed by atoms with Gasteiger partial charge in [-0.15, -0.1) is 11.5 Å². The van der Waals surface area contributed by atoms with Crippen LogP contribution in [-0.4, -0.2) is 9.36 Å². The molecule has 2 rings (SSSR count). The molecule has 0 aliphatic rings. The molecule has 0 amide bonds. The van der Waals surface area contributed by atoms with Crippen LogP contribution in [0.4, 0.5) is 0 Å². The van der Waals surface area contributed by atoms with Crippen molar-refractivity contribution in [3.05, 3.63) is 30.9 Å². The van der Waals surface area contributed by atoms with Crippen LogP contribution in [-0.2, 0) is 6.54 Å². The number of nitrogens with zero attached hydrogens (tertiary/aromatic N) is 3. The minimum atomic E-state index is 0. The van der Waals surface area contributed by atoms with Gasteiger partial charge in [-0.2, -0.15) is 0 Å². The maximum atomic E-state index is 4.02. The molecule has 0 atom stereocenters. The van der Waals surface area contributed by atoms with Crippen molar-refractivity contribution in [3.8, 4) is 10.6 Å². The first kappa shape index (κ1) is 16.5. The largest absolute Gasteiger partial charge is 1.00 e. The Labute approximate surface area is 150 Å². The molecule has 0 aliphatic heterocycles. The molecule has 0 N–H and O–H groups in total. The van der Waals surface area contributed by atoms with E-state index in [1.807, 2.05) is 38.4 Å². The Hall–Kier alpha value is 0.515. The van der Waals surface area contributed by atoms with Crippen LogP contribution in [0.25, 0.3) is 10.6 Å². The molecule has 3 nitrogen and oxygen atoms in total. The van der Waals surface area contributed by atoms with Gasteiger partial charge in [0.25, 0.3) is 0 Å². The van der Waals surface area contributed by atoms with Crippen LogP contribution in [0.5, 0.6) is 0 Å². The summed E-state index contributed by atoms with van der Waals surface area (Å²) in [6.45, 7) is 7.10. The number of pyridine rings is 1. The van der Waals surface area contributed by atoms with Crippen LogP contribution < -0.4 is 62.8 Å². The van der Waals surface area contributed by atoms with E-state index in [0.717, 1.165) is 17.1 Å². The van der Waals surface area contributed by atoms with Gasteiger partial charge in [0.2, 0.25) is 0 Å². The van der Waals surface area contributed by atoms with E-state index in [1.165, 1.54) is 11.5 Å². The minimum Gasteiger partial charge on any atom is -0.420 e. The molecule has 16 heavy (non-hydrogen) atoms. The molecule has 0 spiro atoms. The molecule has 0 aromatic carbocycles. The van der Waals surface area contributed by atoms with E-state index >= 15 is 0 Å². The molecule has 0 aliphatic carbocycles. The zero-order valence-electron chi connectivity index (χ0n) is 10.3. The van der Waals surface area contributed by atoms with Crippen LogP contribution in [0.2, 0.25) is 0 Å². The second-order valence-corrected chi connectivity index (χ2v) is 3.37. The fourth-order valence-electron chi connectivity index (χ4n) is 1.08. The minimum absolute atomic E-state index is 0. The van der Waals surface area contributed by atoms with Crippen molar-refractivity contribution in [3.63, 3.8) is 0 Å². The Morgan fingerprint density at radius 1 is 1.31 bits per heavy atom. The Bertz CT molecular complexity index is 373. The first-order chi connectivity index (χ1) is 7.40. The Balaban J connectivity index is 0.000000711. The van der Waals surface area contributed by atoms with E-state index in [4.69, 9.17) is 0 Å². The summed E-state index contributed by atoms with van der Waals surface area (Å²) in [4.78, 5) is 4.02. The van der Waals surface area contributed by atoms with E-state index in [0.29, 0.717) is 0 Å². The predicted octanol–water partition coefficient (Wildman–Crippen LogP) is -0.657. The van der Waals surface area contributed by atoms with Crippen molar-refractivity contribution in [1.82, 2.24) is 9.36 Å². The molecule has 0 bridgehead atoms. The normalized spacial score (nSPS) is 8.69. The van der Waals surface area contributed by atoms with Gasteiger partial charge in [-0.25, -0.2) is 4.57 Å². The Kier molecular flexibility index (Phi) is 9.84. The molecule has 0 unspecified atom stereocenters. The predicted molar refractivity (Wildman–Crippen MR) is 61.4 cm³/mol. The third kappa shape index (κ3) is 4.79. The van der Waals surface area contributed by atoms with Crippen LogP contribution in [0, 0.1) is 6.33 Å². The van der Waals surface area contributed by atoms with Crippen molar-refractivity contribution in [1.29, 1.82) is 0 Å². The molecule has 0 fully saturated rings. The average Bonchev–Trinajstić information content (AvgIpc) is 2.85. The van der Waals surface area contributed by atoms with E-state index in [-0.39, 0.29) is 58.2 Å². The van der Waals surface area contributed by atoms with Gasteiger partial charge in [-0.1, -0.05) is 19.4 Å².